The van der Waals surface area contributed by atoms with E-state index in [1.54, 1.807) is 0 Å². The fourth-order valence-corrected chi connectivity index (χ4v) is 0.894. The van der Waals surface area contributed by atoms with Gasteiger partial charge in [-0.2, -0.15) is 0 Å². The predicted octanol–water partition coefficient (Wildman–Crippen LogP) is -1.75. The molecule has 0 aromatic heterocycles. The molecule has 0 rings (SSSR count). The van der Waals surface area contributed by atoms with Crippen LogP contribution in [0.25, 0.3) is 0 Å². The van der Waals surface area contributed by atoms with E-state index in [1.807, 2.05) is 19.2 Å². The van der Waals surface area contributed by atoms with Gasteiger partial charge in [0.2, 0.25) is 5.91 Å². The topological polar surface area (TPSA) is 72.2 Å². The second-order valence-corrected chi connectivity index (χ2v) is 4.01. The van der Waals surface area contributed by atoms with E-state index in [2.05, 4.69) is 15.9 Å². The molecule has 0 heterocycles. The minimum Gasteiger partial charge on any atom is -1.00 e. The number of urea groups is 1. The molecule has 0 radical (unpaired) electrons. The quantitative estimate of drug-likeness (QED) is 0.474. The number of hydrogen-bond donors (Lipinski definition) is 2. The maximum absolute atomic E-state index is 11.3. The van der Waals surface area contributed by atoms with E-state index < -0.39 is 10.4 Å². The number of alkyl halides is 1. The van der Waals surface area contributed by atoms with Crippen molar-refractivity contribution in [3.63, 3.8) is 0 Å². The molecule has 0 atom stereocenters. The Kier molecular flexibility index (Phi) is 9.33. The molecule has 0 aliphatic heterocycles. The van der Waals surface area contributed by atoms with Crippen LogP contribution < -0.4 is 62.4 Å². The van der Waals surface area contributed by atoms with Gasteiger partial charge in [0.15, 0.2) is 0 Å². The Hall–Kier alpha value is 1.06. The molecule has 72 valence electrons. The second-order valence-electron chi connectivity index (χ2n) is 2.49. The number of hydrogen-bond acceptors (Lipinski definition) is 2. The summed E-state index contributed by atoms with van der Waals surface area (Å²) in [4.78, 5) is 21.6. The Morgan fingerprint density at radius 2 is 1.85 bits per heavy atom. The Morgan fingerprint density at radius 3 is 2.08 bits per heavy atom. The van der Waals surface area contributed by atoms with E-state index in [-0.39, 0.29) is 58.7 Å². The molecule has 3 amide bonds. The van der Waals surface area contributed by atoms with Gasteiger partial charge in [0.1, 0.15) is 4.32 Å². The zero-order valence-corrected chi connectivity index (χ0v) is 12.9. The average molecular weight is 277 g/mol. The Bertz CT molecular complexity index is 200. The summed E-state index contributed by atoms with van der Waals surface area (Å²) in [6.07, 6.45) is 1.23. The number of nitrogens with two attached hydrogens (primary N) is 1. The van der Waals surface area contributed by atoms with Gasteiger partial charge >= 0.3 is 57.4 Å². The summed E-state index contributed by atoms with van der Waals surface area (Å²) in [7, 11) is 0. The van der Waals surface area contributed by atoms with Crippen molar-refractivity contribution in [3.05, 3.63) is 0 Å². The minimum atomic E-state index is -0.814. The molecule has 0 aliphatic carbocycles. The van der Waals surface area contributed by atoms with Crippen LogP contribution in [0, 0.1) is 0 Å². The molecule has 0 aromatic carbocycles. The van der Waals surface area contributed by atoms with E-state index in [4.69, 9.17) is 5.73 Å². The van der Waals surface area contributed by atoms with Gasteiger partial charge < -0.3 is 7.16 Å². The number of primary amides is 1. The third kappa shape index (κ3) is 5.49. The molecular formula is C7H14BrKN2O2. The zero-order chi connectivity index (χ0) is 9.78. The maximum Gasteiger partial charge on any atom is 1.00 e. The second kappa shape index (κ2) is 7.36. The van der Waals surface area contributed by atoms with E-state index in [0.717, 1.165) is 0 Å². The van der Waals surface area contributed by atoms with Gasteiger partial charge in [-0.1, -0.05) is 29.8 Å². The molecule has 0 fully saturated rings. The van der Waals surface area contributed by atoms with E-state index in [0.29, 0.717) is 12.8 Å². The Labute approximate surface area is 130 Å². The number of rotatable bonds is 3. The van der Waals surface area contributed by atoms with Crippen LogP contribution in [0.3, 0.4) is 0 Å². The summed E-state index contributed by atoms with van der Waals surface area (Å²) in [5.74, 6) is -0.375. The summed E-state index contributed by atoms with van der Waals surface area (Å²) >= 11 is 3.26. The molecule has 0 saturated carbocycles. The number of nitrogens with one attached hydrogen (secondary N) is 1. The van der Waals surface area contributed by atoms with Crippen molar-refractivity contribution < 1.29 is 62.4 Å². The van der Waals surface area contributed by atoms with Crippen LogP contribution in [0.4, 0.5) is 4.79 Å². The maximum atomic E-state index is 11.3. The smallest absolute Gasteiger partial charge is 1.00 e. The summed E-state index contributed by atoms with van der Waals surface area (Å²) in [6.45, 7) is 3.72. The van der Waals surface area contributed by atoms with Crippen molar-refractivity contribution in [2.75, 3.05) is 0 Å². The molecule has 0 saturated heterocycles. The Morgan fingerprint density at radius 1 is 1.46 bits per heavy atom. The summed E-state index contributed by atoms with van der Waals surface area (Å²) in [6, 6.07) is -0.814. The van der Waals surface area contributed by atoms with Crippen LogP contribution in [0.2, 0.25) is 0 Å². The number of carbonyl (C=O) groups is 2. The third-order valence-electron chi connectivity index (χ3n) is 1.76. The van der Waals surface area contributed by atoms with Crippen molar-refractivity contribution in [2.24, 2.45) is 5.73 Å². The van der Waals surface area contributed by atoms with Gasteiger partial charge in [0.25, 0.3) is 0 Å². The molecule has 0 aromatic rings. The summed E-state index contributed by atoms with van der Waals surface area (Å²) < 4.78 is -0.665. The first-order valence-electron chi connectivity index (χ1n) is 3.76. The molecule has 0 unspecified atom stereocenters. The molecule has 6 heteroatoms. The number of carbonyl (C=O) groups excluding carboxylic acids is 2. The van der Waals surface area contributed by atoms with E-state index >= 15 is 0 Å². The zero-order valence-electron chi connectivity index (χ0n) is 9.19. The predicted molar refractivity (Wildman–Crippen MR) is 51.1 cm³/mol. The van der Waals surface area contributed by atoms with E-state index in [9.17, 15) is 9.59 Å². The number of halogens is 1. The molecular weight excluding hydrogens is 263 g/mol. The first kappa shape index (κ1) is 16.5. The van der Waals surface area contributed by atoms with Crippen molar-refractivity contribution in [1.82, 2.24) is 5.32 Å². The molecule has 13 heavy (non-hydrogen) atoms. The van der Waals surface area contributed by atoms with Crippen molar-refractivity contribution in [2.45, 2.75) is 31.0 Å². The molecule has 3 N–H and O–H groups in total. The fraction of sp³-hybridized carbons (Fsp3) is 0.714. The van der Waals surface area contributed by atoms with Crippen molar-refractivity contribution in [1.29, 1.82) is 0 Å². The standard InChI is InChI=1S/C7H13BrN2O2.K.H/c1-3-7(8,4-2)5(11)10-6(9)12;;/h3-4H2,1-2H3,(H3,9,10,11,12);;/q;+1;-1. The van der Waals surface area contributed by atoms with Crippen molar-refractivity contribution >= 4 is 27.9 Å². The summed E-state index contributed by atoms with van der Waals surface area (Å²) in [5.41, 5.74) is 4.81. The van der Waals surface area contributed by atoms with Gasteiger partial charge in [0.05, 0.1) is 0 Å². The van der Waals surface area contributed by atoms with Gasteiger partial charge in [-0.25, -0.2) is 4.79 Å². The van der Waals surface area contributed by atoms with Gasteiger partial charge in [-0.3, -0.25) is 10.1 Å². The monoisotopic (exact) mass is 276 g/mol. The first-order valence-corrected chi connectivity index (χ1v) is 4.55. The summed E-state index contributed by atoms with van der Waals surface area (Å²) in [5, 5.41) is 2.04. The van der Waals surface area contributed by atoms with Crippen molar-refractivity contribution in [3.8, 4) is 0 Å². The molecule has 0 spiro atoms. The molecule has 0 bridgehead atoms. The van der Waals surface area contributed by atoms with Crippen LogP contribution in [0.5, 0.6) is 0 Å². The molecule has 0 aliphatic rings. The van der Waals surface area contributed by atoms with Crippen LogP contribution >= 0.6 is 15.9 Å². The Balaban J connectivity index is -0.000000605. The van der Waals surface area contributed by atoms with Gasteiger partial charge in [-0.05, 0) is 12.8 Å². The first-order chi connectivity index (χ1) is 5.46. The van der Waals surface area contributed by atoms with Crippen LogP contribution in [0.1, 0.15) is 28.1 Å². The fourth-order valence-electron chi connectivity index (χ4n) is 0.795. The number of imide groups is 1. The molecule has 4 nitrogen and oxygen atoms in total. The van der Waals surface area contributed by atoms with E-state index in [1.165, 1.54) is 0 Å². The van der Waals surface area contributed by atoms with Gasteiger partial charge in [-0.15, -0.1) is 0 Å². The van der Waals surface area contributed by atoms with Crippen LogP contribution in [-0.2, 0) is 4.79 Å². The van der Waals surface area contributed by atoms with Gasteiger partial charge in [0, 0.05) is 0 Å². The third-order valence-corrected chi connectivity index (χ3v) is 3.25. The minimum absolute atomic E-state index is 0. The SMILES string of the molecule is CCC(Br)(CC)C(=O)NC(N)=O.[H-].[K+]. The largest absolute Gasteiger partial charge is 1.00 e. The normalized spacial score (nSPS) is 10.1. The van der Waals surface area contributed by atoms with Crippen LogP contribution in [-0.4, -0.2) is 16.3 Å². The van der Waals surface area contributed by atoms with Crippen LogP contribution in [0.15, 0.2) is 0 Å². The number of amides is 3. The average Bonchev–Trinajstić information content (AvgIpc) is 2.02.